The van der Waals surface area contributed by atoms with E-state index in [1.54, 1.807) is 6.07 Å². The average molecular weight is 418 g/mol. The zero-order chi connectivity index (χ0) is 18.6. The molecule has 25 heavy (non-hydrogen) atoms. The second-order valence-electron chi connectivity index (χ2n) is 5.27. The van der Waals surface area contributed by atoms with Crippen LogP contribution in [0.1, 0.15) is 19.8 Å². The predicted octanol–water partition coefficient (Wildman–Crippen LogP) is 2.35. The minimum atomic E-state index is -1.01. The Bertz CT molecular complexity index is 679. The second-order valence-corrected chi connectivity index (χ2v) is 6.18. The molecule has 1 fully saturated rings. The molecular formula is C15H16BrNO8. The molecule has 1 unspecified atom stereocenters. The lowest BCUT2D eigenvalue weighted by molar-refractivity contribution is -0.386. The first-order valence-electron chi connectivity index (χ1n) is 7.31. The number of nitrogens with zero attached hydrogens (tertiary/aromatic N) is 1. The fraction of sp³-hybridized carbons (Fsp3) is 0.467. The lowest BCUT2D eigenvalue weighted by Crippen LogP contribution is -2.44. The Labute approximate surface area is 151 Å². The minimum absolute atomic E-state index is 0.0229. The molecule has 0 N–H and O–H groups in total. The molecule has 0 radical (unpaired) electrons. The van der Waals surface area contributed by atoms with Gasteiger partial charge in [-0.1, -0.05) is 15.9 Å². The third kappa shape index (κ3) is 5.13. The summed E-state index contributed by atoms with van der Waals surface area (Å²) in [6.45, 7) is 1.25. The molecule has 1 heterocycles. The van der Waals surface area contributed by atoms with E-state index in [9.17, 15) is 19.7 Å². The lowest BCUT2D eigenvalue weighted by atomic mass is 10.0. The highest BCUT2D eigenvalue weighted by molar-refractivity contribution is 9.10. The van der Waals surface area contributed by atoms with E-state index in [1.807, 2.05) is 0 Å². The van der Waals surface area contributed by atoms with E-state index < -0.39 is 35.4 Å². The second kappa shape index (κ2) is 8.26. The van der Waals surface area contributed by atoms with E-state index in [2.05, 4.69) is 20.7 Å². The van der Waals surface area contributed by atoms with Gasteiger partial charge >= 0.3 is 17.6 Å². The van der Waals surface area contributed by atoms with Crippen LogP contribution in [0.5, 0.6) is 5.75 Å². The first kappa shape index (κ1) is 19.1. The van der Waals surface area contributed by atoms with E-state index in [0.717, 1.165) is 0 Å². The number of rotatable bonds is 5. The average Bonchev–Trinajstić information content (AvgIpc) is 2.54. The van der Waals surface area contributed by atoms with Crippen LogP contribution in [0, 0.1) is 10.1 Å². The molecule has 1 aliphatic rings. The summed E-state index contributed by atoms with van der Waals surface area (Å²) in [5, 5.41) is 11.2. The molecule has 3 atom stereocenters. The van der Waals surface area contributed by atoms with Crippen LogP contribution in [-0.4, -0.2) is 42.5 Å². The zero-order valence-electron chi connectivity index (χ0n) is 13.5. The van der Waals surface area contributed by atoms with Gasteiger partial charge in [-0.3, -0.25) is 14.9 Å². The topological polar surface area (TPSA) is 114 Å². The number of benzene rings is 1. The van der Waals surface area contributed by atoms with Crippen molar-refractivity contribution >= 4 is 33.6 Å². The normalized spacial score (nSPS) is 22.8. The van der Waals surface area contributed by atoms with Crippen LogP contribution < -0.4 is 4.74 Å². The highest BCUT2D eigenvalue weighted by atomic mass is 79.9. The number of nitro groups is 1. The summed E-state index contributed by atoms with van der Waals surface area (Å²) in [4.78, 5) is 33.5. The third-order valence-corrected chi connectivity index (χ3v) is 3.91. The molecule has 1 aromatic rings. The number of esters is 2. The van der Waals surface area contributed by atoms with Crippen LogP contribution in [0.3, 0.4) is 0 Å². The summed E-state index contributed by atoms with van der Waals surface area (Å²) in [5.41, 5.74) is -0.262. The first-order valence-corrected chi connectivity index (χ1v) is 8.10. The summed E-state index contributed by atoms with van der Waals surface area (Å²) in [6, 6.07) is 4.28. The Hall–Kier alpha value is -2.20. The van der Waals surface area contributed by atoms with E-state index in [0.29, 0.717) is 4.47 Å². The lowest BCUT2D eigenvalue weighted by Gasteiger charge is -2.33. The zero-order valence-corrected chi connectivity index (χ0v) is 15.1. The number of carbonyl (C=O) groups is 2. The molecule has 9 nitrogen and oxygen atoms in total. The maximum absolute atomic E-state index is 11.8. The monoisotopic (exact) mass is 417 g/mol. The number of hydrogen-bond acceptors (Lipinski definition) is 8. The number of nitro benzene ring substituents is 1. The summed E-state index contributed by atoms with van der Waals surface area (Å²) in [5.74, 6) is -1.18. The molecule has 2 rings (SSSR count). The number of hydrogen-bond donors (Lipinski definition) is 0. The summed E-state index contributed by atoms with van der Waals surface area (Å²) >= 11 is 3.15. The molecule has 1 aliphatic heterocycles. The van der Waals surface area contributed by atoms with Gasteiger partial charge in [-0.25, -0.2) is 4.79 Å². The molecule has 1 saturated heterocycles. The molecule has 1 aromatic carbocycles. The van der Waals surface area contributed by atoms with E-state index >= 15 is 0 Å². The van der Waals surface area contributed by atoms with E-state index in [1.165, 1.54) is 26.2 Å². The molecule has 0 aromatic heterocycles. The van der Waals surface area contributed by atoms with Crippen LogP contribution in [0.4, 0.5) is 5.69 Å². The fourth-order valence-electron chi connectivity index (χ4n) is 2.41. The molecule has 136 valence electrons. The van der Waals surface area contributed by atoms with Crippen molar-refractivity contribution in [3.05, 3.63) is 32.8 Å². The Morgan fingerprint density at radius 1 is 1.36 bits per heavy atom. The smallest absolute Gasteiger partial charge is 0.335 e. The van der Waals surface area contributed by atoms with Gasteiger partial charge in [-0.2, -0.15) is 0 Å². The standard InChI is InChI=1S/C15H16BrNO8/c1-8(18)23-10-6-13(15(19)22-2)25-14(7-10)24-12-4-3-9(16)5-11(12)17(20)21/h3-5,10,13-14H,6-7H2,1-2H3/t10?,13-,14+/m0/s1. The third-order valence-electron chi connectivity index (χ3n) is 3.42. The van der Waals surface area contributed by atoms with Crippen LogP contribution in [0.2, 0.25) is 0 Å². The van der Waals surface area contributed by atoms with Crippen LogP contribution in [-0.2, 0) is 23.8 Å². The van der Waals surface area contributed by atoms with Gasteiger partial charge in [0.05, 0.1) is 12.0 Å². The van der Waals surface area contributed by atoms with Gasteiger partial charge in [-0.15, -0.1) is 0 Å². The van der Waals surface area contributed by atoms with Gasteiger partial charge in [-0.05, 0) is 12.1 Å². The van der Waals surface area contributed by atoms with Crippen LogP contribution >= 0.6 is 15.9 Å². The number of ether oxygens (including phenoxy) is 4. The van der Waals surface area contributed by atoms with Crippen molar-refractivity contribution in [2.45, 2.75) is 38.3 Å². The molecule has 0 saturated carbocycles. The van der Waals surface area contributed by atoms with Gasteiger partial charge in [0.2, 0.25) is 6.29 Å². The van der Waals surface area contributed by atoms with Gasteiger partial charge in [0.1, 0.15) is 6.10 Å². The Morgan fingerprint density at radius 3 is 2.68 bits per heavy atom. The number of methoxy groups -OCH3 is 1. The first-order chi connectivity index (χ1) is 11.8. The van der Waals surface area contributed by atoms with Crippen LogP contribution in [0.15, 0.2) is 22.7 Å². The Balaban J connectivity index is 2.20. The van der Waals surface area contributed by atoms with Crippen molar-refractivity contribution in [2.24, 2.45) is 0 Å². The number of halogens is 1. The highest BCUT2D eigenvalue weighted by Gasteiger charge is 2.37. The van der Waals surface area contributed by atoms with Crippen LogP contribution in [0.25, 0.3) is 0 Å². The van der Waals surface area contributed by atoms with Crippen molar-refractivity contribution in [3.8, 4) is 5.75 Å². The van der Waals surface area contributed by atoms with Gasteiger partial charge in [0.25, 0.3) is 0 Å². The Kier molecular flexibility index (Phi) is 6.32. The molecule has 0 amide bonds. The Morgan fingerprint density at radius 2 is 2.08 bits per heavy atom. The maximum atomic E-state index is 11.8. The van der Waals surface area contributed by atoms with Crippen molar-refractivity contribution in [1.29, 1.82) is 0 Å². The predicted molar refractivity (Wildman–Crippen MR) is 86.9 cm³/mol. The van der Waals surface area contributed by atoms with Gasteiger partial charge in [0.15, 0.2) is 11.9 Å². The van der Waals surface area contributed by atoms with E-state index in [4.69, 9.17) is 14.2 Å². The minimum Gasteiger partial charge on any atom is -0.467 e. The number of carbonyl (C=O) groups excluding carboxylic acids is 2. The molecule has 0 spiro atoms. The van der Waals surface area contributed by atoms with Crippen molar-refractivity contribution in [3.63, 3.8) is 0 Å². The molecule has 0 bridgehead atoms. The van der Waals surface area contributed by atoms with Crippen molar-refractivity contribution < 1.29 is 33.5 Å². The molecular weight excluding hydrogens is 402 g/mol. The summed E-state index contributed by atoms with van der Waals surface area (Å²) in [7, 11) is 1.20. The molecule has 0 aliphatic carbocycles. The quantitative estimate of drug-likeness (QED) is 0.407. The van der Waals surface area contributed by atoms with E-state index in [-0.39, 0.29) is 24.3 Å². The summed E-state index contributed by atoms with van der Waals surface area (Å²) < 4.78 is 21.3. The van der Waals surface area contributed by atoms with Gasteiger partial charge in [0, 0.05) is 30.3 Å². The molecule has 10 heteroatoms. The maximum Gasteiger partial charge on any atom is 0.335 e. The van der Waals surface area contributed by atoms with Crippen molar-refractivity contribution in [2.75, 3.05) is 7.11 Å². The SMILES string of the molecule is COC(=O)[C@@H]1CC(OC(C)=O)C[C@H](Oc2ccc(Br)cc2[N+](=O)[O-])O1. The van der Waals surface area contributed by atoms with Gasteiger partial charge < -0.3 is 18.9 Å². The van der Waals surface area contributed by atoms with Crippen molar-refractivity contribution in [1.82, 2.24) is 0 Å². The fourth-order valence-corrected chi connectivity index (χ4v) is 2.76. The largest absolute Gasteiger partial charge is 0.467 e. The highest BCUT2D eigenvalue weighted by Crippen LogP contribution is 2.33. The summed E-state index contributed by atoms with van der Waals surface area (Å²) in [6.07, 6.45) is -2.39.